The fraction of sp³-hybridized carbons (Fsp3) is 0.583. The predicted molar refractivity (Wildman–Crippen MR) is 70.9 cm³/mol. The summed E-state index contributed by atoms with van der Waals surface area (Å²) in [5, 5.41) is 2.66. The van der Waals surface area contributed by atoms with Crippen LogP contribution in [0.1, 0.15) is 25.6 Å². The van der Waals surface area contributed by atoms with E-state index in [9.17, 15) is 18.0 Å². The van der Waals surface area contributed by atoms with Crippen LogP contribution in [0.25, 0.3) is 0 Å². The van der Waals surface area contributed by atoms with E-state index in [2.05, 4.69) is 15.3 Å². The molecule has 1 amide bonds. The van der Waals surface area contributed by atoms with Crippen LogP contribution in [0, 0.1) is 0 Å². The van der Waals surface area contributed by atoms with E-state index in [1.54, 1.807) is 4.90 Å². The Morgan fingerprint density at radius 1 is 1.38 bits per heavy atom. The predicted octanol–water partition coefficient (Wildman–Crippen LogP) is 2.57. The number of nitrogens with zero attached hydrogens (tertiary/aromatic N) is 3. The van der Waals surface area contributed by atoms with Crippen molar-refractivity contribution in [1.29, 1.82) is 0 Å². The Kier molecular flexibility index (Phi) is 4.55. The van der Waals surface area contributed by atoms with Crippen LogP contribution >= 0.6 is 11.6 Å². The summed E-state index contributed by atoms with van der Waals surface area (Å²) in [6, 6.07) is 1.21. The molecule has 2 heterocycles. The number of anilines is 1. The topological polar surface area (TPSA) is 58.1 Å². The van der Waals surface area contributed by atoms with Gasteiger partial charge in [-0.3, -0.25) is 4.79 Å². The van der Waals surface area contributed by atoms with Crippen molar-refractivity contribution in [2.75, 3.05) is 18.4 Å². The maximum atomic E-state index is 12.6. The highest BCUT2D eigenvalue weighted by Crippen LogP contribution is 2.28. The maximum Gasteiger partial charge on any atom is 0.451 e. The summed E-state index contributed by atoms with van der Waals surface area (Å²) in [5.41, 5.74) is 0. The van der Waals surface area contributed by atoms with Gasteiger partial charge in [-0.1, -0.05) is 11.6 Å². The smallest absolute Gasteiger partial charge is 0.367 e. The van der Waals surface area contributed by atoms with Gasteiger partial charge in [-0.25, -0.2) is 9.97 Å². The number of hydrogen-bond donors (Lipinski definition) is 1. The van der Waals surface area contributed by atoms with Gasteiger partial charge in [0.05, 0.1) is 0 Å². The minimum absolute atomic E-state index is 0.00196. The molecule has 0 atom stereocenters. The fourth-order valence-electron chi connectivity index (χ4n) is 2.17. The van der Waals surface area contributed by atoms with E-state index in [0.717, 1.165) is 0 Å². The Bertz CT molecular complexity index is 530. The minimum Gasteiger partial charge on any atom is -0.367 e. The molecule has 5 nitrogen and oxygen atoms in total. The second-order valence-corrected chi connectivity index (χ2v) is 5.21. The Morgan fingerprint density at radius 3 is 2.52 bits per heavy atom. The van der Waals surface area contributed by atoms with Gasteiger partial charge >= 0.3 is 6.18 Å². The van der Waals surface area contributed by atoms with Gasteiger partial charge < -0.3 is 10.2 Å². The molecular formula is C12H14ClF3N4O. The summed E-state index contributed by atoms with van der Waals surface area (Å²) in [5.74, 6) is -1.22. The first-order valence-corrected chi connectivity index (χ1v) is 6.77. The fourth-order valence-corrected chi connectivity index (χ4v) is 2.35. The zero-order valence-corrected chi connectivity index (χ0v) is 12.0. The molecule has 1 saturated heterocycles. The lowest BCUT2D eigenvalue weighted by Crippen LogP contribution is -2.41. The molecule has 0 saturated carbocycles. The van der Waals surface area contributed by atoms with Crippen molar-refractivity contribution < 1.29 is 18.0 Å². The molecule has 1 aliphatic rings. The number of amides is 1. The third-order valence-electron chi connectivity index (χ3n) is 3.24. The number of nitrogens with one attached hydrogen (secondary N) is 1. The van der Waals surface area contributed by atoms with Crippen LogP contribution in [-0.2, 0) is 11.0 Å². The number of alkyl halides is 3. The molecule has 9 heteroatoms. The SMILES string of the molecule is CC(=O)N1CCC(Nc2cc(Cl)nc(C(F)(F)F)n2)CC1. The molecule has 21 heavy (non-hydrogen) atoms. The summed E-state index contributed by atoms with van der Waals surface area (Å²) in [4.78, 5) is 19.5. The van der Waals surface area contributed by atoms with Crippen LogP contribution in [0.15, 0.2) is 6.07 Å². The number of rotatable bonds is 2. The van der Waals surface area contributed by atoms with Gasteiger partial charge in [0.1, 0.15) is 11.0 Å². The quantitative estimate of drug-likeness (QED) is 0.850. The van der Waals surface area contributed by atoms with Crippen LogP contribution in [0.2, 0.25) is 5.15 Å². The van der Waals surface area contributed by atoms with E-state index >= 15 is 0 Å². The molecule has 0 aromatic carbocycles. The van der Waals surface area contributed by atoms with Gasteiger partial charge in [0, 0.05) is 32.1 Å². The molecule has 1 N–H and O–H groups in total. The summed E-state index contributed by atoms with van der Waals surface area (Å²) in [6.45, 7) is 2.63. The van der Waals surface area contributed by atoms with Crippen molar-refractivity contribution in [2.45, 2.75) is 32.0 Å². The monoisotopic (exact) mass is 322 g/mol. The molecule has 0 unspecified atom stereocenters. The van der Waals surface area contributed by atoms with E-state index in [1.165, 1.54) is 13.0 Å². The molecule has 0 bridgehead atoms. The highest BCUT2D eigenvalue weighted by atomic mass is 35.5. The number of carbonyl (C=O) groups excluding carboxylic acids is 1. The molecular weight excluding hydrogens is 309 g/mol. The summed E-state index contributed by atoms with van der Waals surface area (Å²) >= 11 is 5.59. The van der Waals surface area contributed by atoms with Crippen LogP contribution in [-0.4, -0.2) is 39.9 Å². The summed E-state index contributed by atoms with van der Waals surface area (Å²) < 4.78 is 37.8. The molecule has 1 aromatic heterocycles. The van der Waals surface area contributed by atoms with E-state index < -0.39 is 12.0 Å². The number of aromatic nitrogens is 2. The normalized spacial score (nSPS) is 16.9. The number of likely N-dealkylation sites (tertiary alicyclic amines) is 1. The van der Waals surface area contributed by atoms with Gasteiger partial charge in [0.25, 0.3) is 0 Å². The lowest BCUT2D eigenvalue weighted by molar-refractivity contribution is -0.144. The van der Waals surface area contributed by atoms with E-state index in [0.29, 0.717) is 25.9 Å². The average Bonchev–Trinajstić information content (AvgIpc) is 2.37. The number of piperidine rings is 1. The molecule has 1 aliphatic heterocycles. The molecule has 2 rings (SSSR count). The molecule has 0 spiro atoms. The van der Waals surface area contributed by atoms with Gasteiger partial charge in [-0.05, 0) is 12.8 Å². The first-order chi connectivity index (χ1) is 9.75. The molecule has 0 aliphatic carbocycles. The van der Waals surface area contributed by atoms with Gasteiger partial charge in [-0.2, -0.15) is 13.2 Å². The largest absolute Gasteiger partial charge is 0.451 e. The minimum atomic E-state index is -4.64. The molecule has 1 fully saturated rings. The van der Waals surface area contributed by atoms with E-state index in [-0.39, 0.29) is 22.9 Å². The Balaban J connectivity index is 2.04. The zero-order chi connectivity index (χ0) is 15.6. The van der Waals surface area contributed by atoms with E-state index in [4.69, 9.17) is 11.6 Å². The zero-order valence-electron chi connectivity index (χ0n) is 11.2. The first-order valence-electron chi connectivity index (χ1n) is 6.39. The number of hydrogen-bond acceptors (Lipinski definition) is 4. The van der Waals surface area contributed by atoms with Crippen molar-refractivity contribution in [3.63, 3.8) is 0 Å². The maximum absolute atomic E-state index is 12.6. The van der Waals surface area contributed by atoms with Crippen molar-refractivity contribution >= 4 is 23.3 Å². The van der Waals surface area contributed by atoms with Crippen molar-refractivity contribution in [3.8, 4) is 0 Å². The molecule has 0 radical (unpaired) electrons. The Morgan fingerprint density at radius 2 is 2.00 bits per heavy atom. The first kappa shape index (κ1) is 15.8. The Hall–Kier alpha value is -1.57. The Labute approximate surface area is 124 Å². The average molecular weight is 323 g/mol. The number of halogens is 4. The van der Waals surface area contributed by atoms with Crippen LogP contribution < -0.4 is 5.32 Å². The van der Waals surface area contributed by atoms with E-state index in [1.807, 2.05) is 0 Å². The standard InChI is InChI=1S/C12H14ClF3N4O/c1-7(21)20-4-2-8(3-5-20)17-10-6-9(13)18-11(19-10)12(14,15)16/h6,8H,2-5H2,1H3,(H,17,18,19). The highest BCUT2D eigenvalue weighted by molar-refractivity contribution is 6.29. The highest BCUT2D eigenvalue weighted by Gasteiger charge is 2.35. The number of carbonyl (C=O) groups is 1. The van der Waals surface area contributed by atoms with Crippen LogP contribution in [0.3, 0.4) is 0 Å². The van der Waals surface area contributed by atoms with Crippen molar-refractivity contribution in [3.05, 3.63) is 17.0 Å². The van der Waals surface area contributed by atoms with Crippen LogP contribution in [0.5, 0.6) is 0 Å². The molecule has 116 valence electrons. The molecule has 1 aromatic rings. The summed E-state index contributed by atoms with van der Waals surface area (Å²) in [7, 11) is 0. The summed E-state index contributed by atoms with van der Waals surface area (Å²) in [6.07, 6.45) is -3.36. The van der Waals surface area contributed by atoms with Crippen molar-refractivity contribution in [2.24, 2.45) is 0 Å². The van der Waals surface area contributed by atoms with Gasteiger partial charge in [-0.15, -0.1) is 0 Å². The van der Waals surface area contributed by atoms with Gasteiger partial charge in [0.2, 0.25) is 11.7 Å². The lowest BCUT2D eigenvalue weighted by Gasteiger charge is -2.32. The van der Waals surface area contributed by atoms with Gasteiger partial charge in [0.15, 0.2) is 0 Å². The second-order valence-electron chi connectivity index (χ2n) is 4.82. The van der Waals surface area contributed by atoms with Crippen LogP contribution in [0.4, 0.5) is 19.0 Å². The second kappa shape index (κ2) is 6.05. The third-order valence-corrected chi connectivity index (χ3v) is 3.43. The third kappa shape index (κ3) is 4.20. The van der Waals surface area contributed by atoms with Crippen molar-refractivity contribution in [1.82, 2.24) is 14.9 Å². The lowest BCUT2D eigenvalue weighted by atomic mass is 10.1.